The summed E-state index contributed by atoms with van der Waals surface area (Å²) in [5.41, 5.74) is 0.989. The number of carbonyl (C=O) groups is 1. The van der Waals surface area contributed by atoms with Crippen LogP contribution in [0.1, 0.15) is 16.1 Å². The first-order chi connectivity index (χ1) is 14.3. The third-order valence-electron chi connectivity index (χ3n) is 5.33. The normalized spacial score (nSPS) is 16.1. The van der Waals surface area contributed by atoms with E-state index in [1.54, 1.807) is 19.1 Å². The summed E-state index contributed by atoms with van der Waals surface area (Å²) in [7, 11) is -1.62. The number of para-hydroxylation sites is 1. The standard InChI is InChI=1S/C21H22FN3O4S/c1-14-17-4-3-5-18(22)20(17)29-19(14)21(26)23-15-6-8-16(9-7-15)30(27,28)25-12-10-24(2)11-13-25/h3-9H,10-13H2,1-2H3,(H,23,26). The van der Waals surface area contributed by atoms with Gasteiger partial charge in [0.2, 0.25) is 10.0 Å². The van der Waals surface area contributed by atoms with Gasteiger partial charge >= 0.3 is 0 Å². The summed E-state index contributed by atoms with van der Waals surface area (Å²) < 4.78 is 46.4. The van der Waals surface area contributed by atoms with Crippen LogP contribution in [0.2, 0.25) is 0 Å². The molecule has 30 heavy (non-hydrogen) atoms. The number of benzene rings is 2. The van der Waals surface area contributed by atoms with Crippen molar-refractivity contribution in [2.75, 3.05) is 38.5 Å². The van der Waals surface area contributed by atoms with E-state index in [4.69, 9.17) is 4.42 Å². The third-order valence-corrected chi connectivity index (χ3v) is 7.25. The number of piperazine rings is 1. The van der Waals surface area contributed by atoms with Crippen LogP contribution >= 0.6 is 0 Å². The van der Waals surface area contributed by atoms with Gasteiger partial charge in [0.15, 0.2) is 17.2 Å². The van der Waals surface area contributed by atoms with Gasteiger partial charge in [-0.3, -0.25) is 4.79 Å². The Balaban J connectivity index is 1.52. The minimum atomic E-state index is -3.58. The summed E-state index contributed by atoms with van der Waals surface area (Å²) in [6.45, 7) is 3.94. The zero-order valence-electron chi connectivity index (χ0n) is 16.7. The molecule has 1 amide bonds. The van der Waals surface area contributed by atoms with Crippen molar-refractivity contribution in [1.29, 1.82) is 0 Å². The lowest BCUT2D eigenvalue weighted by Crippen LogP contribution is -2.46. The van der Waals surface area contributed by atoms with Crippen molar-refractivity contribution < 1.29 is 22.0 Å². The van der Waals surface area contributed by atoms with Crippen molar-refractivity contribution in [2.24, 2.45) is 0 Å². The van der Waals surface area contributed by atoms with Gasteiger partial charge in [-0.1, -0.05) is 12.1 Å². The lowest BCUT2D eigenvalue weighted by atomic mass is 10.1. The number of hydrogen-bond acceptors (Lipinski definition) is 5. The van der Waals surface area contributed by atoms with Crippen molar-refractivity contribution in [1.82, 2.24) is 9.21 Å². The number of rotatable bonds is 4. The fraction of sp³-hybridized carbons (Fsp3) is 0.286. The molecule has 0 saturated carbocycles. The fourth-order valence-corrected chi connectivity index (χ4v) is 4.92. The van der Waals surface area contributed by atoms with Gasteiger partial charge in [0.25, 0.3) is 5.91 Å². The minimum absolute atomic E-state index is 0.0178. The molecule has 4 rings (SSSR count). The summed E-state index contributed by atoms with van der Waals surface area (Å²) in [6.07, 6.45) is 0. The molecule has 2 aromatic carbocycles. The number of likely N-dealkylation sites (N-methyl/N-ethyl adjacent to an activating group) is 1. The first-order valence-corrected chi connectivity index (χ1v) is 11.0. The molecule has 1 aliphatic heterocycles. The maximum atomic E-state index is 13.9. The number of sulfonamides is 1. The van der Waals surface area contributed by atoms with Crippen molar-refractivity contribution >= 4 is 32.6 Å². The van der Waals surface area contributed by atoms with Gasteiger partial charge in [0.1, 0.15) is 0 Å². The highest BCUT2D eigenvalue weighted by atomic mass is 32.2. The Morgan fingerprint density at radius 3 is 2.37 bits per heavy atom. The molecule has 0 aliphatic carbocycles. The predicted molar refractivity (Wildman–Crippen MR) is 112 cm³/mol. The van der Waals surface area contributed by atoms with Crippen molar-refractivity contribution in [3.63, 3.8) is 0 Å². The number of hydrogen-bond donors (Lipinski definition) is 1. The topological polar surface area (TPSA) is 82.9 Å². The van der Waals surface area contributed by atoms with Gasteiger partial charge in [-0.2, -0.15) is 4.31 Å². The van der Waals surface area contributed by atoms with E-state index in [-0.39, 0.29) is 16.2 Å². The summed E-state index contributed by atoms with van der Waals surface area (Å²) in [6, 6.07) is 10.5. The minimum Gasteiger partial charge on any atom is -0.448 e. The number of amides is 1. The molecule has 1 N–H and O–H groups in total. The molecule has 7 nitrogen and oxygen atoms in total. The average molecular weight is 431 g/mol. The Labute approximate surface area is 174 Å². The molecular formula is C21H22FN3O4S. The smallest absolute Gasteiger partial charge is 0.291 e. The molecule has 0 spiro atoms. The number of aryl methyl sites for hydroxylation is 1. The van der Waals surface area contributed by atoms with Crippen LogP contribution in [0.15, 0.2) is 51.8 Å². The third kappa shape index (κ3) is 3.71. The Morgan fingerprint density at radius 1 is 1.07 bits per heavy atom. The van der Waals surface area contributed by atoms with Gasteiger partial charge in [-0.05, 0) is 44.3 Å². The predicted octanol–water partition coefficient (Wildman–Crippen LogP) is 3.07. The van der Waals surface area contributed by atoms with Gasteiger partial charge in [-0.25, -0.2) is 12.8 Å². The molecule has 0 bridgehead atoms. The SMILES string of the molecule is Cc1c(C(=O)Nc2ccc(S(=O)(=O)N3CCN(C)CC3)cc2)oc2c(F)cccc12. The monoisotopic (exact) mass is 431 g/mol. The van der Waals surface area contributed by atoms with Gasteiger partial charge in [-0.15, -0.1) is 0 Å². The van der Waals surface area contributed by atoms with Crippen LogP contribution in [0.3, 0.4) is 0 Å². The second kappa shape index (κ2) is 7.82. The second-order valence-electron chi connectivity index (χ2n) is 7.36. The quantitative estimate of drug-likeness (QED) is 0.687. The number of nitrogens with one attached hydrogen (secondary N) is 1. The number of furan rings is 1. The summed E-state index contributed by atoms with van der Waals surface area (Å²) in [5, 5.41) is 3.21. The van der Waals surface area contributed by atoms with Crippen molar-refractivity contribution in [3.8, 4) is 0 Å². The van der Waals surface area contributed by atoms with Crippen LogP contribution in [-0.2, 0) is 10.0 Å². The zero-order valence-corrected chi connectivity index (χ0v) is 17.5. The van der Waals surface area contributed by atoms with E-state index < -0.39 is 21.7 Å². The van der Waals surface area contributed by atoms with Crippen LogP contribution in [-0.4, -0.2) is 56.8 Å². The average Bonchev–Trinajstić information content (AvgIpc) is 3.07. The molecule has 9 heteroatoms. The van der Waals surface area contributed by atoms with Crippen LogP contribution in [0.25, 0.3) is 11.0 Å². The summed E-state index contributed by atoms with van der Waals surface area (Å²) in [5.74, 6) is -1.05. The molecule has 1 aliphatic rings. The molecule has 1 aromatic heterocycles. The Hall–Kier alpha value is -2.75. The molecule has 0 unspecified atom stereocenters. The number of anilines is 1. The molecule has 0 atom stereocenters. The van der Waals surface area contributed by atoms with Gasteiger partial charge < -0.3 is 14.6 Å². The maximum Gasteiger partial charge on any atom is 0.291 e. The molecule has 2 heterocycles. The van der Waals surface area contributed by atoms with E-state index in [0.29, 0.717) is 42.8 Å². The second-order valence-corrected chi connectivity index (χ2v) is 9.30. The Kier molecular flexibility index (Phi) is 5.35. The molecule has 1 saturated heterocycles. The summed E-state index contributed by atoms with van der Waals surface area (Å²) >= 11 is 0. The molecule has 1 fully saturated rings. The zero-order chi connectivity index (χ0) is 21.5. The lowest BCUT2D eigenvalue weighted by Gasteiger charge is -2.31. The first kappa shape index (κ1) is 20.5. The van der Waals surface area contributed by atoms with Crippen LogP contribution in [0, 0.1) is 12.7 Å². The van der Waals surface area contributed by atoms with E-state index >= 15 is 0 Å². The number of carbonyl (C=O) groups excluding carboxylic acids is 1. The number of nitrogens with zero attached hydrogens (tertiary/aromatic N) is 2. The van der Waals surface area contributed by atoms with Crippen LogP contribution in [0.5, 0.6) is 0 Å². The van der Waals surface area contributed by atoms with E-state index in [1.807, 2.05) is 7.05 Å². The highest BCUT2D eigenvalue weighted by molar-refractivity contribution is 7.89. The molecule has 0 radical (unpaired) electrons. The lowest BCUT2D eigenvalue weighted by molar-refractivity contribution is 0.0997. The number of fused-ring (bicyclic) bond motifs is 1. The first-order valence-electron chi connectivity index (χ1n) is 9.55. The maximum absolute atomic E-state index is 13.9. The van der Waals surface area contributed by atoms with Crippen LogP contribution in [0.4, 0.5) is 10.1 Å². The Bertz CT molecular complexity index is 1200. The molecular weight excluding hydrogens is 409 g/mol. The number of halogens is 1. The Morgan fingerprint density at radius 2 is 1.73 bits per heavy atom. The van der Waals surface area contributed by atoms with Crippen molar-refractivity contribution in [2.45, 2.75) is 11.8 Å². The molecule has 3 aromatic rings. The van der Waals surface area contributed by atoms with E-state index in [9.17, 15) is 17.6 Å². The van der Waals surface area contributed by atoms with Gasteiger partial charge in [0.05, 0.1) is 4.90 Å². The van der Waals surface area contributed by atoms with E-state index in [1.165, 1.54) is 34.6 Å². The highest BCUT2D eigenvalue weighted by Crippen LogP contribution is 2.28. The van der Waals surface area contributed by atoms with E-state index in [2.05, 4.69) is 10.2 Å². The van der Waals surface area contributed by atoms with Crippen molar-refractivity contribution in [3.05, 3.63) is 59.6 Å². The largest absolute Gasteiger partial charge is 0.448 e. The summed E-state index contributed by atoms with van der Waals surface area (Å²) in [4.78, 5) is 14.9. The van der Waals surface area contributed by atoms with Gasteiger partial charge in [0, 0.05) is 42.8 Å². The highest BCUT2D eigenvalue weighted by Gasteiger charge is 2.27. The fourth-order valence-electron chi connectivity index (χ4n) is 3.50. The van der Waals surface area contributed by atoms with Crippen LogP contribution < -0.4 is 5.32 Å². The molecule has 158 valence electrons. The van der Waals surface area contributed by atoms with E-state index in [0.717, 1.165) is 0 Å².